The van der Waals surface area contributed by atoms with E-state index in [0.717, 1.165) is 3.97 Å². The van der Waals surface area contributed by atoms with Gasteiger partial charge in [-0.3, -0.25) is 4.79 Å². The van der Waals surface area contributed by atoms with Crippen molar-refractivity contribution in [1.82, 2.24) is 3.97 Å². The third-order valence-electron chi connectivity index (χ3n) is 5.24. The normalized spacial score (nSPS) is 11.3. The number of esters is 1. The molecule has 0 atom stereocenters. The predicted molar refractivity (Wildman–Crippen MR) is 133 cm³/mol. The van der Waals surface area contributed by atoms with Gasteiger partial charge < -0.3 is 14.8 Å². The van der Waals surface area contributed by atoms with Crippen LogP contribution in [-0.2, 0) is 14.8 Å². The van der Waals surface area contributed by atoms with E-state index in [1.54, 1.807) is 49.4 Å². The number of halogens is 1. The number of rotatable bonds is 7. The molecule has 0 aliphatic rings. The first kappa shape index (κ1) is 24.3. The summed E-state index contributed by atoms with van der Waals surface area (Å²) in [5.41, 5.74) is 1.40. The zero-order valence-electron chi connectivity index (χ0n) is 18.8. The topological polar surface area (TPSA) is 104 Å². The molecule has 8 nitrogen and oxygen atoms in total. The number of fused-ring (bicyclic) bond motifs is 1. The Morgan fingerprint density at radius 2 is 1.69 bits per heavy atom. The highest BCUT2D eigenvalue weighted by molar-refractivity contribution is 7.90. The van der Waals surface area contributed by atoms with E-state index < -0.39 is 21.9 Å². The summed E-state index contributed by atoms with van der Waals surface area (Å²) in [5, 5.41) is 3.62. The van der Waals surface area contributed by atoms with Gasteiger partial charge in [-0.05, 0) is 67.6 Å². The van der Waals surface area contributed by atoms with E-state index in [0.29, 0.717) is 22.2 Å². The molecule has 0 saturated carbocycles. The van der Waals surface area contributed by atoms with Crippen LogP contribution in [0.5, 0.6) is 5.75 Å². The van der Waals surface area contributed by atoms with Crippen molar-refractivity contribution in [1.29, 1.82) is 0 Å². The molecule has 0 saturated heterocycles. The fourth-order valence-corrected chi connectivity index (χ4v) is 5.29. The molecular weight excluding hydrogens is 492 g/mol. The lowest BCUT2D eigenvalue weighted by molar-refractivity contribution is 0.0526. The molecule has 1 aromatic heterocycles. The minimum absolute atomic E-state index is 0.0958. The molecule has 4 aromatic rings. The molecule has 0 fully saturated rings. The maximum Gasteiger partial charge on any atom is 0.338 e. The molecular formula is C25H21ClN2O6S. The van der Waals surface area contributed by atoms with Crippen LogP contribution in [0.3, 0.4) is 0 Å². The maximum absolute atomic E-state index is 13.4. The Hall–Kier alpha value is -3.82. The van der Waals surface area contributed by atoms with Gasteiger partial charge in [-0.1, -0.05) is 17.7 Å². The number of carbonyl (C=O) groups excluding carboxylic acids is 2. The molecule has 1 heterocycles. The van der Waals surface area contributed by atoms with E-state index in [4.69, 9.17) is 21.1 Å². The van der Waals surface area contributed by atoms with E-state index in [9.17, 15) is 18.0 Å². The molecule has 0 radical (unpaired) electrons. The average Bonchev–Trinajstić information content (AvgIpc) is 3.29. The Morgan fingerprint density at radius 1 is 0.971 bits per heavy atom. The molecule has 0 spiro atoms. The highest BCUT2D eigenvalue weighted by Crippen LogP contribution is 2.31. The molecule has 0 aliphatic heterocycles. The summed E-state index contributed by atoms with van der Waals surface area (Å²) in [7, 11) is -2.70. The first-order chi connectivity index (χ1) is 16.7. The fourth-order valence-electron chi connectivity index (χ4n) is 3.52. The Balaban J connectivity index is 1.65. The SMILES string of the molecule is CCOC(=O)c1ccc(NC(=O)c2ccc3ccn(S(=O)(=O)c4cc(Cl)ccc4OC)c3c2)cc1. The standard InChI is InChI=1S/C25H21ClN2O6S/c1-3-34-25(30)17-6-9-20(10-7-17)27-24(29)18-5-4-16-12-13-28(21(16)14-18)35(31,32)23-15-19(26)8-11-22(23)33-2/h4-15H,3H2,1-2H3,(H,27,29). The van der Waals surface area contributed by atoms with Crippen molar-refractivity contribution in [2.75, 3.05) is 19.0 Å². The van der Waals surface area contributed by atoms with Gasteiger partial charge in [0, 0.05) is 27.9 Å². The lowest BCUT2D eigenvalue weighted by atomic mass is 10.1. The molecule has 1 amide bonds. The summed E-state index contributed by atoms with van der Waals surface area (Å²) in [6.45, 7) is 1.98. The largest absolute Gasteiger partial charge is 0.495 e. The minimum Gasteiger partial charge on any atom is -0.495 e. The number of ether oxygens (including phenoxy) is 2. The summed E-state index contributed by atoms with van der Waals surface area (Å²) in [6.07, 6.45) is 1.41. The zero-order chi connectivity index (χ0) is 25.2. The number of nitrogens with one attached hydrogen (secondary N) is 1. The Bertz CT molecular complexity index is 1530. The van der Waals surface area contributed by atoms with Crippen molar-refractivity contribution >= 4 is 50.1 Å². The molecule has 0 unspecified atom stereocenters. The first-order valence-corrected chi connectivity index (χ1v) is 12.3. The summed E-state index contributed by atoms with van der Waals surface area (Å²) in [6, 6.07) is 17.0. The van der Waals surface area contributed by atoms with Crippen molar-refractivity contribution in [2.24, 2.45) is 0 Å². The van der Waals surface area contributed by atoms with Crippen LogP contribution in [0.1, 0.15) is 27.6 Å². The van der Waals surface area contributed by atoms with E-state index in [1.165, 1.54) is 37.6 Å². The third kappa shape index (κ3) is 4.87. The molecule has 4 rings (SSSR count). The second kappa shape index (κ2) is 9.81. The summed E-state index contributed by atoms with van der Waals surface area (Å²) < 4.78 is 38.1. The molecule has 35 heavy (non-hydrogen) atoms. The predicted octanol–water partition coefficient (Wildman–Crippen LogP) is 4.97. The fraction of sp³-hybridized carbons (Fsp3) is 0.120. The monoisotopic (exact) mass is 512 g/mol. The molecule has 180 valence electrons. The molecule has 10 heteroatoms. The number of carbonyl (C=O) groups is 2. The lowest BCUT2D eigenvalue weighted by Crippen LogP contribution is -2.15. The van der Waals surface area contributed by atoms with Crippen LogP contribution in [0.15, 0.2) is 77.8 Å². The molecule has 0 aliphatic carbocycles. The van der Waals surface area contributed by atoms with E-state index in [1.807, 2.05) is 0 Å². The number of hydrogen-bond donors (Lipinski definition) is 1. The van der Waals surface area contributed by atoms with Crippen LogP contribution in [0.4, 0.5) is 5.69 Å². The highest BCUT2D eigenvalue weighted by Gasteiger charge is 2.24. The summed E-state index contributed by atoms with van der Waals surface area (Å²) in [4.78, 5) is 24.6. The van der Waals surface area contributed by atoms with E-state index in [-0.39, 0.29) is 27.8 Å². The van der Waals surface area contributed by atoms with Gasteiger partial charge in [-0.2, -0.15) is 0 Å². The molecule has 3 aromatic carbocycles. The Labute approximate surface area is 207 Å². The number of benzene rings is 3. The van der Waals surface area contributed by atoms with Gasteiger partial charge in [0.05, 0.1) is 24.8 Å². The first-order valence-electron chi connectivity index (χ1n) is 10.5. The number of hydrogen-bond acceptors (Lipinski definition) is 6. The van der Waals surface area contributed by atoms with E-state index >= 15 is 0 Å². The van der Waals surface area contributed by atoms with Gasteiger partial charge in [-0.25, -0.2) is 17.2 Å². The highest BCUT2D eigenvalue weighted by atomic mass is 35.5. The van der Waals surface area contributed by atoms with Crippen molar-refractivity contribution in [3.05, 3.63) is 89.1 Å². The lowest BCUT2D eigenvalue weighted by Gasteiger charge is -2.12. The Kier molecular flexibility index (Phi) is 6.81. The molecule has 1 N–H and O–H groups in total. The Morgan fingerprint density at radius 3 is 2.37 bits per heavy atom. The second-order valence-electron chi connectivity index (χ2n) is 7.44. The number of nitrogens with zero attached hydrogens (tertiary/aromatic N) is 1. The average molecular weight is 513 g/mol. The van der Waals surface area contributed by atoms with Gasteiger partial charge in [-0.15, -0.1) is 0 Å². The minimum atomic E-state index is -4.07. The van der Waals surface area contributed by atoms with E-state index in [2.05, 4.69) is 5.32 Å². The second-order valence-corrected chi connectivity index (χ2v) is 9.66. The summed E-state index contributed by atoms with van der Waals surface area (Å²) in [5.74, 6) is -0.744. The zero-order valence-corrected chi connectivity index (χ0v) is 20.4. The smallest absolute Gasteiger partial charge is 0.338 e. The quantitative estimate of drug-likeness (QED) is 0.351. The number of methoxy groups -OCH3 is 1. The van der Waals surface area contributed by atoms with Gasteiger partial charge >= 0.3 is 5.97 Å². The van der Waals surface area contributed by atoms with Gasteiger partial charge in [0.1, 0.15) is 10.6 Å². The third-order valence-corrected chi connectivity index (χ3v) is 7.18. The van der Waals surface area contributed by atoms with Crippen LogP contribution < -0.4 is 10.1 Å². The van der Waals surface area contributed by atoms with Crippen molar-refractivity contribution in [3.8, 4) is 5.75 Å². The van der Waals surface area contributed by atoms with Crippen LogP contribution in [0.2, 0.25) is 5.02 Å². The molecule has 0 bridgehead atoms. The summed E-state index contributed by atoms with van der Waals surface area (Å²) >= 11 is 6.04. The van der Waals surface area contributed by atoms with Crippen LogP contribution >= 0.6 is 11.6 Å². The number of anilines is 1. The maximum atomic E-state index is 13.4. The van der Waals surface area contributed by atoms with Crippen molar-refractivity contribution in [3.63, 3.8) is 0 Å². The number of amides is 1. The van der Waals surface area contributed by atoms with Crippen LogP contribution in [-0.4, -0.2) is 38.0 Å². The van der Waals surface area contributed by atoms with Gasteiger partial charge in [0.15, 0.2) is 0 Å². The number of aromatic nitrogens is 1. The van der Waals surface area contributed by atoms with Gasteiger partial charge in [0.2, 0.25) is 0 Å². The van der Waals surface area contributed by atoms with Crippen LogP contribution in [0, 0.1) is 0 Å². The van der Waals surface area contributed by atoms with Crippen molar-refractivity contribution < 1.29 is 27.5 Å². The van der Waals surface area contributed by atoms with Crippen molar-refractivity contribution in [2.45, 2.75) is 11.8 Å². The van der Waals surface area contributed by atoms with Crippen LogP contribution in [0.25, 0.3) is 10.9 Å². The van der Waals surface area contributed by atoms with Gasteiger partial charge in [0.25, 0.3) is 15.9 Å².